The van der Waals surface area contributed by atoms with Crippen LogP contribution in [0.5, 0.6) is 0 Å². The molecule has 3 aliphatic carbocycles. The van der Waals surface area contributed by atoms with Gasteiger partial charge in [-0.2, -0.15) is 0 Å². The monoisotopic (exact) mass is 178 g/mol. The molecule has 0 atom stereocenters. The van der Waals surface area contributed by atoms with E-state index in [1.807, 2.05) is 0 Å². The Morgan fingerprint density at radius 3 is 1.69 bits per heavy atom. The lowest BCUT2D eigenvalue weighted by Crippen LogP contribution is -2.41. The van der Waals surface area contributed by atoms with Crippen LogP contribution < -0.4 is 0 Å². The van der Waals surface area contributed by atoms with E-state index in [2.05, 4.69) is 6.92 Å². The average Bonchev–Trinajstić information content (AvgIpc) is 1.86. The Kier molecular flexibility index (Phi) is 1.92. The highest BCUT2D eigenvalue weighted by Gasteiger charge is 2.43. The summed E-state index contributed by atoms with van der Waals surface area (Å²) >= 11 is 0. The molecule has 0 heteroatoms. The van der Waals surface area contributed by atoms with Gasteiger partial charge in [-0.15, -0.1) is 0 Å². The summed E-state index contributed by atoms with van der Waals surface area (Å²) in [5.41, 5.74) is 0. The molecule has 0 aromatic carbocycles. The fourth-order valence-corrected chi connectivity index (χ4v) is 3.74. The first-order chi connectivity index (χ1) is 6.33. The normalized spacial score (nSPS) is 50.5. The molecular weight excluding hydrogens is 156 g/mol. The van der Waals surface area contributed by atoms with E-state index >= 15 is 0 Å². The van der Waals surface area contributed by atoms with Gasteiger partial charge < -0.3 is 0 Å². The molecule has 0 saturated heterocycles. The van der Waals surface area contributed by atoms with Gasteiger partial charge in [0.1, 0.15) is 0 Å². The van der Waals surface area contributed by atoms with E-state index < -0.39 is 0 Å². The Morgan fingerprint density at radius 2 is 1.23 bits per heavy atom. The first-order valence-electron chi connectivity index (χ1n) is 6.33. The van der Waals surface area contributed by atoms with E-state index in [0.29, 0.717) is 0 Å². The Morgan fingerprint density at radius 1 is 0.692 bits per heavy atom. The van der Waals surface area contributed by atoms with Crippen LogP contribution in [0.4, 0.5) is 0 Å². The smallest absolute Gasteiger partial charge is 0.0380 e. The minimum atomic E-state index is 1.06. The molecule has 0 spiro atoms. The SMILES string of the molecule is CC1CC(C2CC(C3CCC3)C2)C1. The van der Waals surface area contributed by atoms with Gasteiger partial charge in [-0.05, 0) is 55.3 Å². The average molecular weight is 178 g/mol. The summed E-state index contributed by atoms with van der Waals surface area (Å²) in [7, 11) is 0. The zero-order valence-corrected chi connectivity index (χ0v) is 8.84. The Labute approximate surface area is 82.1 Å². The Hall–Kier alpha value is 0. The fourth-order valence-electron chi connectivity index (χ4n) is 3.74. The van der Waals surface area contributed by atoms with Crippen molar-refractivity contribution < 1.29 is 0 Å². The second-order valence-corrected chi connectivity index (χ2v) is 6.02. The van der Waals surface area contributed by atoms with Crippen LogP contribution >= 0.6 is 0 Å². The molecule has 0 heterocycles. The van der Waals surface area contributed by atoms with Crippen molar-refractivity contribution in [1.82, 2.24) is 0 Å². The van der Waals surface area contributed by atoms with Crippen molar-refractivity contribution in [2.45, 2.75) is 51.9 Å². The maximum Gasteiger partial charge on any atom is -0.0380 e. The number of hydrogen-bond donors (Lipinski definition) is 0. The first kappa shape index (κ1) is 8.32. The Balaban J connectivity index is 1.42. The third-order valence-electron chi connectivity index (χ3n) is 5.10. The van der Waals surface area contributed by atoms with Gasteiger partial charge >= 0.3 is 0 Å². The summed E-state index contributed by atoms with van der Waals surface area (Å²) in [5.74, 6) is 5.74. The molecule has 0 bridgehead atoms. The van der Waals surface area contributed by atoms with Crippen LogP contribution in [-0.4, -0.2) is 0 Å². The third-order valence-corrected chi connectivity index (χ3v) is 5.10. The van der Waals surface area contributed by atoms with Crippen molar-refractivity contribution in [1.29, 1.82) is 0 Å². The molecular formula is C13H22. The molecule has 3 rings (SSSR count). The number of hydrogen-bond acceptors (Lipinski definition) is 0. The molecule has 3 fully saturated rings. The molecule has 0 radical (unpaired) electrons. The van der Waals surface area contributed by atoms with Gasteiger partial charge in [-0.3, -0.25) is 0 Å². The largest absolute Gasteiger partial charge is 0.0625 e. The van der Waals surface area contributed by atoms with Crippen LogP contribution in [0.15, 0.2) is 0 Å². The van der Waals surface area contributed by atoms with Crippen LogP contribution in [0.3, 0.4) is 0 Å². The van der Waals surface area contributed by atoms with Crippen molar-refractivity contribution in [2.24, 2.45) is 29.6 Å². The van der Waals surface area contributed by atoms with Gasteiger partial charge in [-0.1, -0.05) is 26.2 Å². The summed E-state index contributed by atoms with van der Waals surface area (Å²) < 4.78 is 0. The van der Waals surface area contributed by atoms with Gasteiger partial charge in [0.15, 0.2) is 0 Å². The summed E-state index contributed by atoms with van der Waals surface area (Å²) in [6.07, 6.45) is 11.0. The molecule has 3 saturated carbocycles. The molecule has 0 aliphatic heterocycles. The molecule has 3 aliphatic rings. The second kappa shape index (κ2) is 3.00. The van der Waals surface area contributed by atoms with Crippen molar-refractivity contribution >= 4 is 0 Å². The van der Waals surface area contributed by atoms with Crippen LogP contribution in [0.1, 0.15) is 51.9 Å². The lowest BCUT2D eigenvalue weighted by Gasteiger charge is -2.51. The molecule has 0 aromatic heterocycles. The highest BCUT2D eigenvalue weighted by molar-refractivity contribution is 4.94. The lowest BCUT2D eigenvalue weighted by molar-refractivity contribution is -0.00213. The minimum Gasteiger partial charge on any atom is -0.0625 e. The van der Waals surface area contributed by atoms with Crippen LogP contribution in [0.25, 0.3) is 0 Å². The number of rotatable bonds is 2. The lowest BCUT2D eigenvalue weighted by atomic mass is 9.55. The fraction of sp³-hybridized carbons (Fsp3) is 1.00. The van der Waals surface area contributed by atoms with Crippen molar-refractivity contribution in [2.75, 3.05) is 0 Å². The standard InChI is InChI=1S/C13H22/c1-9-5-11(6-9)13-7-12(8-13)10-3-2-4-10/h9-13H,2-8H2,1H3. The predicted molar refractivity (Wildman–Crippen MR) is 55.4 cm³/mol. The molecule has 0 N–H and O–H groups in total. The van der Waals surface area contributed by atoms with Crippen molar-refractivity contribution in [3.05, 3.63) is 0 Å². The van der Waals surface area contributed by atoms with Gasteiger partial charge in [0, 0.05) is 0 Å². The van der Waals surface area contributed by atoms with E-state index in [9.17, 15) is 0 Å². The zero-order chi connectivity index (χ0) is 8.84. The summed E-state index contributed by atoms with van der Waals surface area (Å²) in [4.78, 5) is 0. The van der Waals surface area contributed by atoms with Crippen LogP contribution in [0, 0.1) is 29.6 Å². The first-order valence-corrected chi connectivity index (χ1v) is 6.33. The third kappa shape index (κ3) is 1.33. The highest BCUT2D eigenvalue weighted by atomic mass is 14.5. The van der Waals surface area contributed by atoms with E-state index in [-0.39, 0.29) is 0 Å². The summed E-state index contributed by atoms with van der Waals surface area (Å²) in [5, 5.41) is 0. The maximum absolute atomic E-state index is 2.42. The van der Waals surface area contributed by atoms with Gasteiger partial charge in [0.25, 0.3) is 0 Å². The van der Waals surface area contributed by atoms with E-state index in [1.54, 1.807) is 38.5 Å². The molecule has 0 aromatic rings. The molecule has 74 valence electrons. The van der Waals surface area contributed by atoms with E-state index in [0.717, 1.165) is 11.8 Å². The van der Waals surface area contributed by atoms with Crippen molar-refractivity contribution in [3.63, 3.8) is 0 Å². The molecule has 0 unspecified atom stereocenters. The molecule has 13 heavy (non-hydrogen) atoms. The van der Waals surface area contributed by atoms with Crippen LogP contribution in [-0.2, 0) is 0 Å². The van der Waals surface area contributed by atoms with Crippen LogP contribution in [0.2, 0.25) is 0 Å². The highest BCUT2D eigenvalue weighted by Crippen LogP contribution is 2.54. The minimum absolute atomic E-state index is 1.06. The van der Waals surface area contributed by atoms with E-state index in [1.165, 1.54) is 24.2 Å². The zero-order valence-electron chi connectivity index (χ0n) is 8.84. The summed E-state index contributed by atoms with van der Waals surface area (Å²) in [6, 6.07) is 0. The molecule has 0 nitrogen and oxygen atoms in total. The Bertz CT molecular complexity index is 180. The second-order valence-electron chi connectivity index (χ2n) is 6.02. The van der Waals surface area contributed by atoms with Gasteiger partial charge in [0.05, 0.1) is 0 Å². The summed E-state index contributed by atoms with van der Waals surface area (Å²) in [6.45, 7) is 2.42. The predicted octanol–water partition coefficient (Wildman–Crippen LogP) is 3.86. The van der Waals surface area contributed by atoms with Gasteiger partial charge in [-0.25, -0.2) is 0 Å². The molecule has 0 amide bonds. The topological polar surface area (TPSA) is 0 Å². The van der Waals surface area contributed by atoms with Crippen molar-refractivity contribution in [3.8, 4) is 0 Å². The van der Waals surface area contributed by atoms with Gasteiger partial charge in [0.2, 0.25) is 0 Å². The maximum atomic E-state index is 2.42. The quantitative estimate of drug-likeness (QED) is 0.602. The van der Waals surface area contributed by atoms with E-state index in [4.69, 9.17) is 0 Å².